The average Bonchev–Trinajstić information content (AvgIpc) is 2.27. The smallest absolute Gasteiger partial charge is 0.307 e. The van der Waals surface area contributed by atoms with Gasteiger partial charge in [0.2, 0.25) is 5.91 Å². The first-order chi connectivity index (χ1) is 7.07. The van der Waals surface area contributed by atoms with Crippen LogP contribution in [0.4, 0.5) is 0 Å². The molecular formula is C10H15NO4. The number of nitrogens with zero attached hydrogens (tertiary/aromatic N) is 1. The lowest BCUT2D eigenvalue weighted by Crippen LogP contribution is -2.39. The Morgan fingerprint density at radius 2 is 1.87 bits per heavy atom. The molecule has 0 heterocycles. The second-order valence-corrected chi connectivity index (χ2v) is 3.51. The molecule has 0 unspecified atom stereocenters. The van der Waals surface area contributed by atoms with Crippen molar-refractivity contribution in [3.8, 4) is 0 Å². The molecule has 5 nitrogen and oxygen atoms in total. The van der Waals surface area contributed by atoms with Crippen molar-refractivity contribution in [3.05, 3.63) is 12.2 Å². The van der Waals surface area contributed by atoms with Crippen LogP contribution in [0.3, 0.4) is 0 Å². The van der Waals surface area contributed by atoms with Crippen molar-refractivity contribution in [2.45, 2.75) is 12.8 Å². The molecule has 1 aliphatic rings. The molecule has 5 heteroatoms. The van der Waals surface area contributed by atoms with Crippen LogP contribution in [0.2, 0.25) is 0 Å². The second kappa shape index (κ2) is 4.93. The largest absolute Gasteiger partial charge is 0.481 e. The summed E-state index contributed by atoms with van der Waals surface area (Å²) in [5.74, 6) is -2.37. The van der Waals surface area contributed by atoms with Crippen molar-refractivity contribution in [1.29, 1.82) is 0 Å². The van der Waals surface area contributed by atoms with E-state index in [0.29, 0.717) is 12.8 Å². The molecule has 0 aromatic heterocycles. The molecule has 0 saturated carbocycles. The third kappa shape index (κ3) is 2.56. The summed E-state index contributed by atoms with van der Waals surface area (Å²) in [6, 6.07) is 0. The van der Waals surface area contributed by atoms with E-state index in [-0.39, 0.29) is 5.91 Å². The zero-order valence-corrected chi connectivity index (χ0v) is 8.84. The van der Waals surface area contributed by atoms with Gasteiger partial charge in [-0.3, -0.25) is 14.4 Å². The minimum Gasteiger partial charge on any atom is -0.481 e. The summed E-state index contributed by atoms with van der Waals surface area (Å²) in [5.41, 5.74) is 0. The number of carbonyl (C=O) groups excluding carboxylic acids is 1. The molecule has 1 aliphatic carbocycles. The van der Waals surface area contributed by atoms with Gasteiger partial charge < -0.3 is 5.11 Å². The Hall–Kier alpha value is -1.36. The van der Waals surface area contributed by atoms with E-state index in [1.165, 1.54) is 14.2 Å². The predicted octanol–water partition coefficient (Wildman–Crippen LogP) is 0.673. The number of carboxylic acids is 1. The lowest BCUT2D eigenvalue weighted by molar-refractivity contribution is -0.177. The number of amides is 1. The highest BCUT2D eigenvalue weighted by Crippen LogP contribution is 2.27. The molecule has 0 aliphatic heterocycles. The predicted molar refractivity (Wildman–Crippen MR) is 52.8 cm³/mol. The molecule has 84 valence electrons. The lowest BCUT2D eigenvalue weighted by Gasteiger charge is -2.27. The second-order valence-electron chi connectivity index (χ2n) is 3.51. The van der Waals surface area contributed by atoms with Crippen LogP contribution in [0, 0.1) is 11.8 Å². The fourth-order valence-corrected chi connectivity index (χ4v) is 1.68. The summed E-state index contributed by atoms with van der Waals surface area (Å²) in [4.78, 5) is 27.4. The Morgan fingerprint density at radius 1 is 1.33 bits per heavy atom. The molecule has 0 radical (unpaired) electrons. The zero-order chi connectivity index (χ0) is 11.4. The number of hydrogen-bond acceptors (Lipinski definition) is 3. The van der Waals surface area contributed by atoms with Gasteiger partial charge in [-0.25, -0.2) is 5.06 Å². The van der Waals surface area contributed by atoms with Crippen molar-refractivity contribution >= 4 is 11.9 Å². The van der Waals surface area contributed by atoms with Crippen LogP contribution < -0.4 is 0 Å². The summed E-state index contributed by atoms with van der Waals surface area (Å²) < 4.78 is 0. The maximum atomic E-state index is 11.7. The summed E-state index contributed by atoms with van der Waals surface area (Å²) >= 11 is 0. The van der Waals surface area contributed by atoms with Gasteiger partial charge in [-0.05, 0) is 12.8 Å². The van der Waals surface area contributed by atoms with Crippen LogP contribution in [-0.2, 0) is 14.4 Å². The topological polar surface area (TPSA) is 66.8 Å². The van der Waals surface area contributed by atoms with Gasteiger partial charge in [0.05, 0.1) is 18.9 Å². The molecule has 0 spiro atoms. The molecule has 15 heavy (non-hydrogen) atoms. The van der Waals surface area contributed by atoms with Gasteiger partial charge in [0.1, 0.15) is 0 Å². The molecule has 0 aromatic rings. The number of allylic oxidation sites excluding steroid dienone is 2. The minimum absolute atomic E-state index is 0.283. The number of rotatable bonds is 3. The van der Waals surface area contributed by atoms with Crippen molar-refractivity contribution in [3.63, 3.8) is 0 Å². The first-order valence-corrected chi connectivity index (χ1v) is 4.77. The van der Waals surface area contributed by atoms with E-state index in [0.717, 1.165) is 5.06 Å². The molecule has 1 rings (SSSR count). The Balaban J connectivity index is 2.77. The first kappa shape index (κ1) is 11.7. The van der Waals surface area contributed by atoms with Crippen molar-refractivity contribution in [2.75, 3.05) is 14.2 Å². The quantitative estimate of drug-likeness (QED) is 0.552. The van der Waals surface area contributed by atoms with Crippen molar-refractivity contribution < 1.29 is 19.5 Å². The van der Waals surface area contributed by atoms with Gasteiger partial charge >= 0.3 is 5.97 Å². The number of aliphatic carboxylic acids is 1. The molecule has 2 atom stereocenters. The summed E-state index contributed by atoms with van der Waals surface area (Å²) in [5, 5.41) is 10.0. The van der Waals surface area contributed by atoms with Crippen LogP contribution in [0.25, 0.3) is 0 Å². The Labute approximate surface area is 88.3 Å². The van der Waals surface area contributed by atoms with Gasteiger partial charge in [0.15, 0.2) is 0 Å². The SMILES string of the molecule is CON(C)C(=O)[C@H]1CC=CC[C@H]1C(=O)O. The number of hydroxylamine groups is 2. The third-order valence-corrected chi connectivity index (χ3v) is 2.65. The van der Waals surface area contributed by atoms with E-state index in [1.807, 2.05) is 6.08 Å². The van der Waals surface area contributed by atoms with Gasteiger partial charge in [-0.15, -0.1) is 0 Å². The lowest BCUT2D eigenvalue weighted by atomic mass is 9.82. The molecule has 1 amide bonds. The van der Waals surface area contributed by atoms with Crippen LogP contribution in [0.15, 0.2) is 12.2 Å². The van der Waals surface area contributed by atoms with Crippen LogP contribution >= 0.6 is 0 Å². The summed E-state index contributed by atoms with van der Waals surface area (Å²) in [6.07, 6.45) is 4.51. The van der Waals surface area contributed by atoms with Crippen molar-refractivity contribution in [1.82, 2.24) is 5.06 Å². The molecule has 0 fully saturated rings. The monoisotopic (exact) mass is 213 g/mol. The third-order valence-electron chi connectivity index (χ3n) is 2.65. The first-order valence-electron chi connectivity index (χ1n) is 4.77. The highest BCUT2D eigenvalue weighted by Gasteiger charge is 2.35. The fourth-order valence-electron chi connectivity index (χ4n) is 1.68. The standard InChI is InChI=1S/C10H15NO4/c1-11(15-2)9(12)7-5-3-4-6-8(7)10(13)14/h3-4,7-8H,5-6H2,1-2H3,(H,13,14)/t7-,8+/m0/s1. The Morgan fingerprint density at radius 3 is 2.33 bits per heavy atom. The molecule has 0 bridgehead atoms. The molecule has 0 saturated heterocycles. The number of hydrogen-bond donors (Lipinski definition) is 1. The highest BCUT2D eigenvalue weighted by molar-refractivity contribution is 5.84. The summed E-state index contributed by atoms with van der Waals surface area (Å²) in [7, 11) is 2.87. The average molecular weight is 213 g/mol. The maximum absolute atomic E-state index is 11.7. The van der Waals surface area contributed by atoms with E-state index >= 15 is 0 Å². The van der Waals surface area contributed by atoms with Gasteiger partial charge in [-0.2, -0.15) is 0 Å². The molecule has 0 aromatic carbocycles. The van der Waals surface area contributed by atoms with Crippen LogP contribution in [-0.4, -0.2) is 36.2 Å². The highest BCUT2D eigenvalue weighted by atomic mass is 16.7. The van der Waals surface area contributed by atoms with Crippen LogP contribution in [0.5, 0.6) is 0 Å². The Bertz CT molecular complexity index is 287. The van der Waals surface area contributed by atoms with Gasteiger partial charge in [-0.1, -0.05) is 12.2 Å². The van der Waals surface area contributed by atoms with E-state index in [2.05, 4.69) is 0 Å². The van der Waals surface area contributed by atoms with E-state index < -0.39 is 17.8 Å². The minimum atomic E-state index is -0.929. The summed E-state index contributed by atoms with van der Waals surface area (Å²) in [6.45, 7) is 0. The van der Waals surface area contributed by atoms with E-state index in [9.17, 15) is 9.59 Å². The van der Waals surface area contributed by atoms with Crippen molar-refractivity contribution in [2.24, 2.45) is 11.8 Å². The van der Waals surface area contributed by atoms with Gasteiger partial charge in [0.25, 0.3) is 0 Å². The van der Waals surface area contributed by atoms with E-state index in [1.54, 1.807) is 6.08 Å². The van der Waals surface area contributed by atoms with E-state index in [4.69, 9.17) is 9.94 Å². The maximum Gasteiger partial charge on any atom is 0.307 e. The normalized spacial score (nSPS) is 24.9. The molecule has 1 N–H and O–H groups in total. The number of carboxylic acid groups (broad SMARTS) is 1. The van der Waals surface area contributed by atoms with Gasteiger partial charge in [0, 0.05) is 7.05 Å². The molecular weight excluding hydrogens is 198 g/mol. The van der Waals surface area contributed by atoms with Crippen LogP contribution in [0.1, 0.15) is 12.8 Å². The fraction of sp³-hybridized carbons (Fsp3) is 0.600. The Kier molecular flexibility index (Phi) is 3.85. The zero-order valence-electron chi connectivity index (χ0n) is 8.84. The number of carbonyl (C=O) groups is 2.